The fourth-order valence-electron chi connectivity index (χ4n) is 2.88. The number of carbonyl (C=O) groups is 1. The van der Waals surface area contributed by atoms with Gasteiger partial charge in [0.2, 0.25) is 5.91 Å². The van der Waals surface area contributed by atoms with Gasteiger partial charge >= 0.3 is 0 Å². The van der Waals surface area contributed by atoms with E-state index in [0.29, 0.717) is 6.04 Å². The number of nitrogens with one attached hydrogen (secondary N) is 1. The van der Waals surface area contributed by atoms with E-state index in [1.54, 1.807) is 0 Å². The Morgan fingerprint density at radius 1 is 1.15 bits per heavy atom. The van der Waals surface area contributed by atoms with Gasteiger partial charge < -0.3 is 25.0 Å². The molecule has 1 saturated carbocycles. The molecule has 0 aromatic rings. The van der Waals surface area contributed by atoms with Crippen LogP contribution < -0.4 is 5.32 Å². The highest BCUT2D eigenvalue weighted by molar-refractivity contribution is 5.81. The minimum atomic E-state index is -0.888. The molecule has 1 amide bonds. The van der Waals surface area contributed by atoms with Gasteiger partial charge in [-0.15, -0.1) is 0 Å². The monoisotopic (exact) mass is 286 g/mol. The molecule has 7 nitrogen and oxygen atoms in total. The van der Waals surface area contributed by atoms with E-state index in [4.69, 9.17) is 9.47 Å². The van der Waals surface area contributed by atoms with Crippen LogP contribution in [0.5, 0.6) is 0 Å². The molecule has 0 bridgehead atoms. The summed E-state index contributed by atoms with van der Waals surface area (Å²) in [5.74, 6) is -0.184. The van der Waals surface area contributed by atoms with Crippen molar-refractivity contribution < 1.29 is 24.5 Å². The van der Waals surface area contributed by atoms with Crippen LogP contribution in [0.25, 0.3) is 0 Å². The Morgan fingerprint density at radius 2 is 1.90 bits per heavy atom. The molecule has 3 aliphatic rings. The van der Waals surface area contributed by atoms with Crippen LogP contribution in [0.4, 0.5) is 0 Å². The molecule has 0 radical (unpaired) electrons. The maximum absolute atomic E-state index is 12.1. The quantitative estimate of drug-likeness (QED) is 0.561. The number of carbonyl (C=O) groups excluding carboxylic acids is 1. The van der Waals surface area contributed by atoms with Crippen LogP contribution in [0, 0.1) is 0 Å². The number of hydrogen-bond acceptors (Lipinski definition) is 6. The highest BCUT2D eigenvalue weighted by Gasteiger charge is 2.44. The van der Waals surface area contributed by atoms with Crippen molar-refractivity contribution in [2.45, 2.75) is 43.2 Å². The number of aliphatic hydroxyl groups excluding tert-OH is 2. The second-order valence-electron chi connectivity index (χ2n) is 5.76. The molecular weight excluding hydrogens is 264 g/mol. The van der Waals surface area contributed by atoms with Crippen LogP contribution in [0.1, 0.15) is 12.8 Å². The van der Waals surface area contributed by atoms with Crippen LogP contribution in [-0.2, 0) is 14.3 Å². The number of morpholine rings is 1. The van der Waals surface area contributed by atoms with Crippen LogP contribution in [-0.4, -0.2) is 84.3 Å². The van der Waals surface area contributed by atoms with E-state index in [2.05, 4.69) is 10.2 Å². The smallest absolute Gasteiger partial charge is 0.249 e. The van der Waals surface area contributed by atoms with E-state index in [9.17, 15) is 15.0 Å². The van der Waals surface area contributed by atoms with Crippen molar-refractivity contribution >= 4 is 5.91 Å². The van der Waals surface area contributed by atoms with E-state index >= 15 is 0 Å². The SMILES string of the molecule is O=C(N[C@@H]1C[C@H]1N1CCOCC1)[C@H]1C[C@H](O)[C@H](O)CO1. The summed E-state index contributed by atoms with van der Waals surface area (Å²) in [4.78, 5) is 14.4. The molecule has 2 aliphatic heterocycles. The summed E-state index contributed by atoms with van der Waals surface area (Å²) in [7, 11) is 0. The van der Waals surface area contributed by atoms with Crippen molar-refractivity contribution in [2.24, 2.45) is 0 Å². The van der Waals surface area contributed by atoms with Gasteiger partial charge in [-0.25, -0.2) is 0 Å². The first-order chi connectivity index (χ1) is 9.65. The minimum absolute atomic E-state index is 0.0107. The Balaban J connectivity index is 1.44. The fraction of sp³-hybridized carbons (Fsp3) is 0.923. The summed E-state index contributed by atoms with van der Waals surface area (Å²) >= 11 is 0. The third kappa shape index (κ3) is 3.12. The van der Waals surface area contributed by atoms with Gasteiger partial charge in [0.15, 0.2) is 0 Å². The number of rotatable bonds is 3. The molecule has 2 heterocycles. The second-order valence-corrected chi connectivity index (χ2v) is 5.76. The molecule has 3 N–H and O–H groups in total. The molecule has 0 spiro atoms. The van der Waals surface area contributed by atoms with Gasteiger partial charge in [-0.3, -0.25) is 9.69 Å². The summed E-state index contributed by atoms with van der Waals surface area (Å²) in [5.41, 5.74) is 0. The first-order valence-corrected chi connectivity index (χ1v) is 7.25. The Hall–Kier alpha value is -0.730. The predicted molar refractivity (Wildman–Crippen MR) is 69.1 cm³/mol. The topological polar surface area (TPSA) is 91.3 Å². The number of hydrogen-bond donors (Lipinski definition) is 3. The van der Waals surface area contributed by atoms with Gasteiger partial charge in [0.1, 0.15) is 12.2 Å². The molecule has 20 heavy (non-hydrogen) atoms. The molecule has 114 valence electrons. The zero-order valence-electron chi connectivity index (χ0n) is 11.4. The molecule has 0 unspecified atom stereocenters. The molecule has 7 heteroatoms. The fourth-order valence-corrected chi connectivity index (χ4v) is 2.88. The van der Waals surface area contributed by atoms with Crippen LogP contribution in [0.2, 0.25) is 0 Å². The van der Waals surface area contributed by atoms with Crippen molar-refractivity contribution in [3.05, 3.63) is 0 Å². The van der Waals surface area contributed by atoms with Gasteiger partial charge in [-0.2, -0.15) is 0 Å². The highest BCUT2D eigenvalue weighted by Crippen LogP contribution is 2.29. The Bertz CT molecular complexity index is 361. The van der Waals surface area contributed by atoms with Crippen molar-refractivity contribution in [1.29, 1.82) is 0 Å². The number of aliphatic hydroxyl groups is 2. The van der Waals surface area contributed by atoms with Crippen LogP contribution in [0.3, 0.4) is 0 Å². The Kier molecular flexibility index (Phi) is 4.23. The number of nitrogens with zero attached hydrogens (tertiary/aromatic N) is 1. The lowest BCUT2D eigenvalue weighted by Gasteiger charge is -2.30. The standard InChI is InChI=1S/C13H22N2O5/c16-10-6-12(20-7-11(10)17)13(18)14-8-5-9(8)15-1-3-19-4-2-15/h8-12,16-17H,1-7H2,(H,14,18)/t8-,9-,10+,11-,12-/m1/s1. The highest BCUT2D eigenvalue weighted by atomic mass is 16.5. The van der Waals surface area contributed by atoms with Gasteiger partial charge in [-0.1, -0.05) is 0 Å². The molecule has 2 saturated heterocycles. The Labute approximate surface area is 117 Å². The molecule has 3 rings (SSSR count). The zero-order chi connectivity index (χ0) is 14.1. The van der Waals surface area contributed by atoms with E-state index in [1.165, 1.54) is 0 Å². The van der Waals surface area contributed by atoms with E-state index in [0.717, 1.165) is 32.7 Å². The average Bonchev–Trinajstić information content (AvgIpc) is 3.22. The largest absolute Gasteiger partial charge is 0.390 e. The van der Waals surface area contributed by atoms with E-state index in [1.807, 2.05) is 0 Å². The Morgan fingerprint density at radius 3 is 2.60 bits per heavy atom. The minimum Gasteiger partial charge on any atom is -0.390 e. The summed E-state index contributed by atoms with van der Waals surface area (Å²) in [5, 5.41) is 21.9. The van der Waals surface area contributed by atoms with Gasteiger partial charge in [-0.05, 0) is 6.42 Å². The van der Waals surface area contributed by atoms with Crippen molar-refractivity contribution in [3.63, 3.8) is 0 Å². The summed E-state index contributed by atoms with van der Waals surface area (Å²) in [6, 6.07) is 0.579. The molecule has 0 aromatic heterocycles. The van der Waals surface area contributed by atoms with Crippen LogP contribution >= 0.6 is 0 Å². The summed E-state index contributed by atoms with van der Waals surface area (Å²) in [6.45, 7) is 3.36. The number of amides is 1. The zero-order valence-corrected chi connectivity index (χ0v) is 11.4. The van der Waals surface area contributed by atoms with E-state index in [-0.39, 0.29) is 25.0 Å². The predicted octanol–water partition coefficient (Wildman–Crippen LogP) is -1.91. The molecule has 1 aliphatic carbocycles. The molecular formula is C13H22N2O5. The van der Waals surface area contributed by atoms with Crippen molar-refractivity contribution in [3.8, 4) is 0 Å². The molecule has 3 fully saturated rings. The normalized spacial score (nSPS) is 42.2. The van der Waals surface area contributed by atoms with Crippen molar-refractivity contribution in [2.75, 3.05) is 32.9 Å². The van der Waals surface area contributed by atoms with Gasteiger partial charge in [0.05, 0.1) is 25.9 Å². The second kappa shape index (κ2) is 5.95. The lowest BCUT2D eigenvalue weighted by molar-refractivity contribution is -0.153. The maximum Gasteiger partial charge on any atom is 0.249 e. The lowest BCUT2D eigenvalue weighted by Crippen LogP contribution is -2.49. The third-order valence-electron chi connectivity index (χ3n) is 4.26. The molecule has 5 atom stereocenters. The molecule has 0 aromatic carbocycles. The summed E-state index contributed by atoms with van der Waals surface area (Å²) in [6.07, 6.45) is -1.31. The average molecular weight is 286 g/mol. The lowest BCUT2D eigenvalue weighted by atomic mass is 10.0. The van der Waals surface area contributed by atoms with Gasteiger partial charge in [0, 0.05) is 31.6 Å². The van der Waals surface area contributed by atoms with Crippen LogP contribution in [0.15, 0.2) is 0 Å². The number of ether oxygens (including phenoxy) is 2. The first-order valence-electron chi connectivity index (χ1n) is 7.25. The summed E-state index contributed by atoms with van der Waals surface area (Å²) < 4.78 is 10.6. The maximum atomic E-state index is 12.1. The third-order valence-corrected chi connectivity index (χ3v) is 4.26. The first kappa shape index (κ1) is 14.2. The van der Waals surface area contributed by atoms with Crippen molar-refractivity contribution in [1.82, 2.24) is 10.2 Å². The van der Waals surface area contributed by atoms with E-state index < -0.39 is 18.3 Å². The van der Waals surface area contributed by atoms with Gasteiger partial charge in [0.25, 0.3) is 0 Å².